The van der Waals surface area contributed by atoms with E-state index >= 15 is 0 Å². The van der Waals surface area contributed by atoms with Gasteiger partial charge in [0.2, 0.25) is 5.91 Å². The lowest BCUT2D eigenvalue weighted by molar-refractivity contribution is -0.113. The van der Waals surface area contributed by atoms with Crippen molar-refractivity contribution in [3.8, 4) is 11.4 Å². The Morgan fingerprint density at radius 1 is 1.17 bits per heavy atom. The molecule has 0 unspecified atom stereocenters. The largest absolute Gasteiger partial charge is 0.325 e. The van der Waals surface area contributed by atoms with Crippen molar-refractivity contribution in [2.75, 3.05) is 11.1 Å². The van der Waals surface area contributed by atoms with E-state index in [-0.39, 0.29) is 5.91 Å². The number of rotatable bonds is 7. The summed E-state index contributed by atoms with van der Waals surface area (Å²) >= 11 is 3.28. The van der Waals surface area contributed by atoms with E-state index in [1.165, 1.54) is 58.2 Å². The monoisotopic (exact) mass is 440 g/mol. The van der Waals surface area contributed by atoms with Crippen LogP contribution in [0, 0.1) is 0 Å². The number of nitrogens with one attached hydrogen (secondary N) is 1. The molecule has 3 aromatic rings. The summed E-state index contributed by atoms with van der Waals surface area (Å²) in [5.41, 5.74) is 5.98. The van der Waals surface area contributed by atoms with Crippen LogP contribution >= 0.6 is 23.1 Å². The highest BCUT2D eigenvalue weighted by Crippen LogP contribution is 2.36. The predicted molar refractivity (Wildman–Crippen MR) is 126 cm³/mol. The van der Waals surface area contributed by atoms with Gasteiger partial charge in [0.25, 0.3) is 0 Å². The predicted octanol–water partition coefficient (Wildman–Crippen LogP) is 5.28. The van der Waals surface area contributed by atoms with Crippen molar-refractivity contribution < 1.29 is 4.79 Å². The minimum atomic E-state index is -0.00642. The Kier molecular flexibility index (Phi) is 6.58. The van der Waals surface area contributed by atoms with E-state index in [0.717, 1.165) is 35.9 Å². The van der Waals surface area contributed by atoms with Gasteiger partial charge in [-0.2, -0.15) is 0 Å². The molecule has 30 heavy (non-hydrogen) atoms. The van der Waals surface area contributed by atoms with Crippen LogP contribution in [0.5, 0.6) is 0 Å². The number of carbonyl (C=O) groups excluding carboxylic acids is 1. The first-order valence-corrected chi connectivity index (χ1v) is 12.5. The molecule has 0 radical (unpaired) electrons. The van der Waals surface area contributed by atoms with Gasteiger partial charge in [0.05, 0.1) is 5.75 Å². The molecule has 0 saturated carbocycles. The van der Waals surface area contributed by atoms with Gasteiger partial charge in [-0.25, -0.2) is 0 Å². The maximum atomic E-state index is 12.7. The average Bonchev–Trinajstić information content (AvgIpc) is 3.35. The van der Waals surface area contributed by atoms with E-state index in [0.29, 0.717) is 5.75 Å². The Balaban J connectivity index is 1.46. The number of hydrogen-bond donors (Lipinski definition) is 1. The summed E-state index contributed by atoms with van der Waals surface area (Å²) in [7, 11) is 1.99. The van der Waals surface area contributed by atoms with E-state index in [2.05, 4.69) is 52.9 Å². The van der Waals surface area contributed by atoms with Gasteiger partial charge in [0, 0.05) is 28.6 Å². The van der Waals surface area contributed by atoms with E-state index in [1.54, 1.807) is 0 Å². The molecule has 1 aliphatic rings. The summed E-state index contributed by atoms with van der Waals surface area (Å²) in [6, 6.07) is 6.23. The van der Waals surface area contributed by atoms with E-state index in [1.807, 2.05) is 23.0 Å². The molecule has 0 bridgehead atoms. The number of thiophene rings is 1. The third-order valence-corrected chi connectivity index (χ3v) is 7.84. The number of anilines is 1. The van der Waals surface area contributed by atoms with Crippen LogP contribution in [0.3, 0.4) is 0 Å². The van der Waals surface area contributed by atoms with Crippen LogP contribution in [0.2, 0.25) is 0 Å². The van der Waals surface area contributed by atoms with Gasteiger partial charge >= 0.3 is 0 Å². The van der Waals surface area contributed by atoms with E-state index in [4.69, 9.17) is 0 Å². The lowest BCUT2D eigenvalue weighted by Gasteiger charge is -2.14. The van der Waals surface area contributed by atoms with Gasteiger partial charge in [0.15, 0.2) is 11.0 Å². The lowest BCUT2D eigenvalue weighted by Crippen LogP contribution is -2.17. The van der Waals surface area contributed by atoms with Crippen molar-refractivity contribution in [3.63, 3.8) is 0 Å². The van der Waals surface area contributed by atoms with Crippen molar-refractivity contribution in [2.24, 2.45) is 7.05 Å². The zero-order chi connectivity index (χ0) is 21.1. The number of thioether (sulfide) groups is 1. The lowest BCUT2D eigenvalue weighted by atomic mass is 9.96. The molecule has 5 nitrogen and oxygen atoms in total. The Bertz CT molecular complexity index is 1030. The van der Waals surface area contributed by atoms with Crippen LogP contribution in [0.1, 0.15) is 48.3 Å². The van der Waals surface area contributed by atoms with Crippen molar-refractivity contribution in [3.05, 3.63) is 45.1 Å². The molecule has 2 heterocycles. The summed E-state index contributed by atoms with van der Waals surface area (Å²) < 4.78 is 2.02. The quantitative estimate of drug-likeness (QED) is 0.508. The number of nitrogens with zero attached hydrogens (tertiary/aromatic N) is 3. The van der Waals surface area contributed by atoms with Gasteiger partial charge < -0.3 is 9.88 Å². The number of amides is 1. The topological polar surface area (TPSA) is 59.8 Å². The maximum absolute atomic E-state index is 12.7. The Morgan fingerprint density at radius 3 is 2.63 bits per heavy atom. The first kappa shape index (κ1) is 21.1. The summed E-state index contributed by atoms with van der Waals surface area (Å²) in [5, 5.41) is 14.9. The summed E-state index contributed by atoms with van der Waals surface area (Å²) in [6.45, 7) is 4.23. The third-order valence-electron chi connectivity index (χ3n) is 5.73. The highest BCUT2D eigenvalue weighted by molar-refractivity contribution is 7.99. The minimum Gasteiger partial charge on any atom is -0.325 e. The Labute approximate surface area is 186 Å². The maximum Gasteiger partial charge on any atom is 0.234 e. The van der Waals surface area contributed by atoms with Crippen molar-refractivity contribution in [1.29, 1.82) is 0 Å². The number of para-hydroxylation sites is 1. The first-order chi connectivity index (χ1) is 14.6. The number of hydrogen-bond acceptors (Lipinski definition) is 5. The number of benzene rings is 1. The fourth-order valence-corrected chi connectivity index (χ4v) is 5.90. The van der Waals surface area contributed by atoms with Crippen molar-refractivity contribution in [2.45, 2.75) is 57.5 Å². The molecule has 1 aromatic carbocycles. The number of fused-ring (bicyclic) bond motifs is 1. The van der Waals surface area contributed by atoms with Gasteiger partial charge in [-0.15, -0.1) is 21.5 Å². The highest BCUT2D eigenvalue weighted by atomic mass is 32.2. The van der Waals surface area contributed by atoms with E-state index < -0.39 is 0 Å². The summed E-state index contributed by atoms with van der Waals surface area (Å²) in [6.07, 6.45) is 6.63. The van der Waals surface area contributed by atoms with E-state index in [9.17, 15) is 4.79 Å². The highest BCUT2D eigenvalue weighted by Gasteiger charge is 2.21. The average molecular weight is 441 g/mol. The summed E-state index contributed by atoms with van der Waals surface area (Å²) in [4.78, 5) is 14.2. The fraction of sp³-hybridized carbons (Fsp3) is 0.435. The number of aromatic nitrogens is 3. The van der Waals surface area contributed by atoms with Crippen LogP contribution < -0.4 is 5.32 Å². The first-order valence-electron chi connectivity index (χ1n) is 10.6. The van der Waals surface area contributed by atoms with Gasteiger partial charge in [-0.3, -0.25) is 4.79 Å². The molecule has 2 aromatic heterocycles. The SMILES string of the molecule is CCc1cccc(CC)c1NC(=O)CSc1nnc(-c2csc3c2CCCC3)n1C. The van der Waals surface area contributed by atoms with Crippen molar-refractivity contribution in [1.82, 2.24) is 14.8 Å². The molecule has 7 heteroatoms. The number of carbonyl (C=O) groups is 1. The third kappa shape index (κ3) is 4.18. The second kappa shape index (κ2) is 9.35. The van der Waals surface area contributed by atoms with Gasteiger partial charge in [-0.1, -0.05) is 43.8 Å². The van der Waals surface area contributed by atoms with Crippen LogP contribution in [0.25, 0.3) is 11.4 Å². The number of aryl methyl sites for hydroxylation is 3. The van der Waals surface area contributed by atoms with Crippen LogP contribution in [-0.4, -0.2) is 26.4 Å². The van der Waals surface area contributed by atoms with Crippen LogP contribution in [0.4, 0.5) is 5.69 Å². The second-order valence-electron chi connectivity index (χ2n) is 7.62. The second-order valence-corrected chi connectivity index (χ2v) is 9.53. The molecule has 0 aliphatic heterocycles. The molecular formula is C23H28N4OS2. The zero-order valence-corrected chi connectivity index (χ0v) is 19.5. The minimum absolute atomic E-state index is 0.00642. The normalized spacial score (nSPS) is 13.3. The molecule has 0 atom stereocenters. The molecule has 1 aliphatic carbocycles. The smallest absolute Gasteiger partial charge is 0.234 e. The summed E-state index contributed by atoms with van der Waals surface area (Å²) in [5.74, 6) is 1.21. The molecule has 0 fully saturated rings. The van der Waals surface area contributed by atoms with Gasteiger partial charge in [0.1, 0.15) is 0 Å². The molecule has 0 saturated heterocycles. The van der Waals surface area contributed by atoms with Crippen LogP contribution in [-0.2, 0) is 37.5 Å². The molecule has 1 N–H and O–H groups in total. The molecule has 4 rings (SSSR count). The zero-order valence-electron chi connectivity index (χ0n) is 17.8. The molecule has 0 spiro atoms. The molecule has 158 valence electrons. The molecule has 1 amide bonds. The fourth-order valence-electron chi connectivity index (χ4n) is 4.07. The van der Waals surface area contributed by atoms with Crippen molar-refractivity contribution >= 4 is 34.7 Å². The standard InChI is InChI=1S/C23H28N4OS2/c1-4-15-9-8-10-16(5-2)21(15)24-20(28)14-30-23-26-25-22(27(23)3)18-13-29-19-12-7-6-11-17(18)19/h8-10,13H,4-7,11-12,14H2,1-3H3,(H,24,28). The Hall–Kier alpha value is -2.12. The van der Waals surface area contributed by atoms with Gasteiger partial charge in [-0.05, 0) is 55.2 Å². The van der Waals surface area contributed by atoms with Crippen LogP contribution in [0.15, 0.2) is 28.7 Å². The Morgan fingerprint density at radius 2 is 1.90 bits per heavy atom. The molecular weight excluding hydrogens is 412 g/mol.